The summed E-state index contributed by atoms with van der Waals surface area (Å²) in [5.74, 6) is -0.509. The topological polar surface area (TPSA) is 20.3 Å². The van der Waals surface area contributed by atoms with Gasteiger partial charge < -0.3 is 4.90 Å². The predicted octanol–water partition coefficient (Wildman–Crippen LogP) is 2.96. The van der Waals surface area contributed by atoms with Crippen LogP contribution in [0.15, 0.2) is 0 Å². The molecule has 15 heavy (non-hydrogen) atoms. The summed E-state index contributed by atoms with van der Waals surface area (Å²) in [6.45, 7) is 3.69. The van der Waals surface area contributed by atoms with E-state index in [1.54, 1.807) is 20.8 Å². The van der Waals surface area contributed by atoms with Crippen LogP contribution in [0.2, 0.25) is 0 Å². The van der Waals surface area contributed by atoms with Gasteiger partial charge in [0.2, 0.25) is 5.91 Å². The van der Waals surface area contributed by atoms with Crippen LogP contribution in [0, 0.1) is 0 Å². The van der Waals surface area contributed by atoms with Crippen molar-refractivity contribution in [1.82, 2.24) is 4.90 Å². The minimum atomic E-state index is -4.35. The quantitative estimate of drug-likeness (QED) is 0.729. The lowest BCUT2D eigenvalue weighted by Gasteiger charge is -2.29. The molecule has 0 fully saturated rings. The van der Waals surface area contributed by atoms with Crippen LogP contribution >= 0.6 is 15.9 Å². The smallest absolute Gasteiger partial charge is 0.330 e. The molecule has 0 aromatic rings. The molecule has 0 saturated heterocycles. The number of carbonyl (C=O) groups is 1. The third kappa shape index (κ3) is 5.39. The maximum Gasteiger partial charge on any atom is 0.406 e. The molecule has 1 amide bonds. The predicted molar refractivity (Wildman–Crippen MR) is 55.9 cm³/mol. The van der Waals surface area contributed by atoms with Gasteiger partial charge in [0, 0.05) is 6.04 Å². The Morgan fingerprint density at radius 3 is 2.13 bits per heavy atom. The average molecular weight is 290 g/mol. The number of amides is 1. The zero-order chi connectivity index (χ0) is 12.2. The van der Waals surface area contributed by atoms with Crippen LogP contribution in [0.1, 0.15) is 27.2 Å². The van der Waals surface area contributed by atoms with Crippen molar-refractivity contribution < 1.29 is 18.0 Å². The Morgan fingerprint density at radius 2 is 1.87 bits per heavy atom. The molecule has 0 heterocycles. The number of hydrogen-bond donors (Lipinski definition) is 0. The molecule has 0 aromatic carbocycles. The van der Waals surface area contributed by atoms with Gasteiger partial charge in [-0.3, -0.25) is 4.79 Å². The van der Waals surface area contributed by atoms with Crippen molar-refractivity contribution in [2.75, 3.05) is 6.54 Å². The molecule has 0 saturated carbocycles. The SMILES string of the molecule is CCC(Br)C(=O)N(CC(F)(F)F)C(C)C. The minimum absolute atomic E-state index is 0.453. The van der Waals surface area contributed by atoms with E-state index in [1.807, 2.05) is 0 Å². The van der Waals surface area contributed by atoms with Crippen molar-refractivity contribution in [3.63, 3.8) is 0 Å². The summed E-state index contributed by atoms with van der Waals surface area (Å²) >= 11 is 3.06. The number of hydrogen-bond acceptors (Lipinski definition) is 1. The van der Waals surface area contributed by atoms with Crippen LogP contribution in [-0.2, 0) is 4.79 Å². The van der Waals surface area contributed by atoms with Gasteiger partial charge in [0.1, 0.15) is 6.54 Å². The van der Waals surface area contributed by atoms with Crippen LogP contribution in [0.5, 0.6) is 0 Å². The highest BCUT2D eigenvalue weighted by molar-refractivity contribution is 9.10. The lowest BCUT2D eigenvalue weighted by Crippen LogP contribution is -2.46. The van der Waals surface area contributed by atoms with E-state index in [1.165, 1.54) is 0 Å². The Morgan fingerprint density at radius 1 is 1.40 bits per heavy atom. The zero-order valence-electron chi connectivity index (χ0n) is 8.94. The van der Waals surface area contributed by atoms with Gasteiger partial charge in [-0.1, -0.05) is 22.9 Å². The second-order valence-corrected chi connectivity index (χ2v) is 4.66. The molecule has 0 radical (unpaired) electrons. The summed E-state index contributed by atoms with van der Waals surface area (Å²) in [5, 5.41) is 0. The Balaban J connectivity index is 4.60. The molecule has 1 atom stereocenters. The molecule has 0 aliphatic rings. The fourth-order valence-corrected chi connectivity index (χ4v) is 1.33. The Bertz CT molecular complexity index is 218. The van der Waals surface area contributed by atoms with Crippen molar-refractivity contribution in [2.45, 2.75) is 44.2 Å². The molecule has 0 spiro atoms. The van der Waals surface area contributed by atoms with Crippen molar-refractivity contribution >= 4 is 21.8 Å². The number of carbonyl (C=O) groups excluding carboxylic acids is 1. The van der Waals surface area contributed by atoms with E-state index >= 15 is 0 Å². The Kier molecular flexibility index (Phi) is 5.62. The highest BCUT2D eigenvalue weighted by atomic mass is 79.9. The van der Waals surface area contributed by atoms with Crippen molar-refractivity contribution in [2.24, 2.45) is 0 Å². The number of nitrogens with zero attached hydrogens (tertiary/aromatic N) is 1. The van der Waals surface area contributed by atoms with Crippen LogP contribution in [0.25, 0.3) is 0 Å². The molecule has 0 rings (SSSR count). The fraction of sp³-hybridized carbons (Fsp3) is 0.889. The lowest BCUT2D eigenvalue weighted by molar-refractivity contribution is -0.164. The molecule has 2 nitrogen and oxygen atoms in total. The van der Waals surface area contributed by atoms with Crippen molar-refractivity contribution in [3.8, 4) is 0 Å². The van der Waals surface area contributed by atoms with Gasteiger partial charge >= 0.3 is 6.18 Å². The maximum absolute atomic E-state index is 12.2. The van der Waals surface area contributed by atoms with E-state index in [4.69, 9.17) is 0 Å². The third-order valence-corrected chi connectivity index (χ3v) is 2.92. The largest absolute Gasteiger partial charge is 0.406 e. The summed E-state index contributed by atoms with van der Waals surface area (Å²) in [7, 11) is 0. The number of rotatable bonds is 4. The van der Waals surface area contributed by atoms with E-state index in [9.17, 15) is 18.0 Å². The minimum Gasteiger partial charge on any atom is -0.330 e. The molecule has 0 N–H and O–H groups in total. The molecule has 0 aromatic heterocycles. The van der Waals surface area contributed by atoms with Gasteiger partial charge in [-0.15, -0.1) is 0 Å². The molecule has 0 aliphatic heterocycles. The first-order valence-electron chi connectivity index (χ1n) is 4.70. The lowest BCUT2D eigenvalue weighted by atomic mass is 10.2. The van der Waals surface area contributed by atoms with E-state index in [-0.39, 0.29) is 0 Å². The monoisotopic (exact) mass is 289 g/mol. The molecule has 0 aliphatic carbocycles. The van der Waals surface area contributed by atoms with Crippen LogP contribution < -0.4 is 0 Å². The summed E-state index contributed by atoms with van der Waals surface area (Å²) in [4.78, 5) is 11.9. The van der Waals surface area contributed by atoms with Crippen molar-refractivity contribution in [1.29, 1.82) is 0 Å². The second-order valence-electron chi connectivity index (χ2n) is 3.55. The second kappa shape index (κ2) is 5.72. The van der Waals surface area contributed by atoms with Gasteiger partial charge in [0.05, 0.1) is 4.83 Å². The molecule has 6 heteroatoms. The Labute approximate surface area is 95.9 Å². The van der Waals surface area contributed by atoms with Crippen LogP contribution in [0.4, 0.5) is 13.2 Å². The number of halogens is 4. The molecular formula is C9H15BrF3NO. The van der Waals surface area contributed by atoms with Gasteiger partial charge in [0.15, 0.2) is 0 Å². The van der Waals surface area contributed by atoms with Crippen molar-refractivity contribution in [3.05, 3.63) is 0 Å². The number of alkyl halides is 4. The maximum atomic E-state index is 12.2. The summed E-state index contributed by atoms with van der Waals surface area (Å²) in [6.07, 6.45) is -3.87. The first kappa shape index (κ1) is 14.7. The van der Waals surface area contributed by atoms with Gasteiger partial charge in [-0.05, 0) is 20.3 Å². The molecule has 1 unspecified atom stereocenters. The first-order valence-corrected chi connectivity index (χ1v) is 5.62. The zero-order valence-corrected chi connectivity index (χ0v) is 10.5. The van der Waals surface area contributed by atoms with Gasteiger partial charge in [0.25, 0.3) is 0 Å². The molecular weight excluding hydrogens is 275 g/mol. The van der Waals surface area contributed by atoms with E-state index in [2.05, 4.69) is 15.9 Å². The van der Waals surface area contributed by atoms with E-state index < -0.39 is 29.5 Å². The highest BCUT2D eigenvalue weighted by Gasteiger charge is 2.35. The first-order chi connectivity index (χ1) is 6.69. The molecule has 90 valence electrons. The summed E-state index contributed by atoms with van der Waals surface area (Å²) in [5.41, 5.74) is 0. The fourth-order valence-electron chi connectivity index (χ4n) is 1.06. The normalized spacial score (nSPS) is 14.1. The summed E-state index contributed by atoms with van der Waals surface area (Å²) in [6, 6.07) is -0.453. The Hall–Kier alpha value is -0.260. The summed E-state index contributed by atoms with van der Waals surface area (Å²) < 4.78 is 36.6. The van der Waals surface area contributed by atoms with E-state index in [0.717, 1.165) is 4.90 Å². The molecule has 0 bridgehead atoms. The van der Waals surface area contributed by atoms with Crippen LogP contribution in [0.3, 0.4) is 0 Å². The van der Waals surface area contributed by atoms with Crippen LogP contribution in [-0.4, -0.2) is 34.4 Å². The van der Waals surface area contributed by atoms with E-state index in [0.29, 0.717) is 6.42 Å². The van der Waals surface area contributed by atoms with Gasteiger partial charge in [-0.2, -0.15) is 13.2 Å². The highest BCUT2D eigenvalue weighted by Crippen LogP contribution is 2.20. The third-order valence-electron chi connectivity index (χ3n) is 1.88. The average Bonchev–Trinajstić information content (AvgIpc) is 2.10. The standard InChI is InChI=1S/C9H15BrF3NO/c1-4-7(10)8(15)14(6(2)3)5-9(11,12)13/h6-7H,4-5H2,1-3H3. The van der Waals surface area contributed by atoms with Gasteiger partial charge in [-0.25, -0.2) is 0 Å².